The van der Waals surface area contributed by atoms with E-state index in [1.807, 2.05) is 31.2 Å². The number of aliphatic hydroxyl groups is 1. The van der Waals surface area contributed by atoms with Crippen molar-refractivity contribution in [2.45, 2.75) is 32.3 Å². The molecular formula is C16H21NO2. The number of carbonyl (C=O) groups is 1. The zero-order chi connectivity index (χ0) is 13.7. The number of aryl methyl sites for hydroxylation is 1. The third-order valence-electron chi connectivity index (χ3n) is 3.57. The molecule has 1 aromatic rings. The minimum absolute atomic E-state index is 0.0514. The van der Waals surface area contributed by atoms with Crippen LogP contribution in [0, 0.1) is 12.8 Å². The molecule has 1 aliphatic carbocycles. The maximum atomic E-state index is 11.9. The van der Waals surface area contributed by atoms with Gasteiger partial charge < -0.3 is 10.4 Å². The molecule has 2 N–H and O–H groups in total. The average molecular weight is 259 g/mol. The highest BCUT2D eigenvalue weighted by Crippen LogP contribution is 2.18. The van der Waals surface area contributed by atoms with Gasteiger partial charge in [-0.05, 0) is 31.7 Å². The van der Waals surface area contributed by atoms with Crippen LogP contribution in [-0.2, 0) is 4.79 Å². The van der Waals surface area contributed by atoms with Crippen molar-refractivity contribution in [2.75, 3.05) is 6.54 Å². The number of rotatable bonds is 4. The Labute approximate surface area is 114 Å². The zero-order valence-corrected chi connectivity index (χ0v) is 11.3. The Morgan fingerprint density at radius 1 is 1.37 bits per heavy atom. The number of hydrogen-bond acceptors (Lipinski definition) is 2. The molecule has 1 aliphatic rings. The van der Waals surface area contributed by atoms with E-state index in [1.54, 1.807) is 0 Å². The Bertz CT molecular complexity index is 450. The maximum absolute atomic E-state index is 11.9. The molecule has 1 amide bonds. The Kier molecular flexibility index (Phi) is 4.74. The van der Waals surface area contributed by atoms with Crippen LogP contribution in [0.2, 0.25) is 0 Å². The highest BCUT2D eigenvalue weighted by Gasteiger charge is 2.19. The van der Waals surface area contributed by atoms with E-state index in [2.05, 4.69) is 17.5 Å². The van der Waals surface area contributed by atoms with Gasteiger partial charge in [-0.2, -0.15) is 0 Å². The number of allylic oxidation sites excluding steroid dienone is 2. The molecule has 19 heavy (non-hydrogen) atoms. The fourth-order valence-electron chi connectivity index (χ4n) is 2.28. The predicted octanol–water partition coefficient (Wildman–Crippen LogP) is 2.50. The van der Waals surface area contributed by atoms with Gasteiger partial charge in [0.05, 0.1) is 6.10 Å². The van der Waals surface area contributed by atoms with Gasteiger partial charge in [0.1, 0.15) is 0 Å². The summed E-state index contributed by atoms with van der Waals surface area (Å²) in [7, 11) is 0. The molecule has 2 rings (SSSR count). The molecule has 102 valence electrons. The van der Waals surface area contributed by atoms with E-state index in [1.165, 1.54) is 0 Å². The normalized spacial score (nSPS) is 20.0. The molecule has 0 fully saturated rings. The Balaban J connectivity index is 1.82. The van der Waals surface area contributed by atoms with Crippen LogP contribution in [0.5, 0.6) is 0 Å². The summed E-state index contributed by atoms with van der Waals surface area (Å²) in [5.74, 6) is 0.116. The lowest BCUT2D eigenvalue weighted by atomic mass is 9.93. The lowest BCUT2D eigenvalue weighted by molar-refractivity contribution is -0.125. The van der Waals surface area contributed by atoms with Gasteiger partial charge in [0.2, 0.25) is 5.91 Å². The van der Waals surface area contributed by atoms with Gasteiger partial charge in [-0.15, -0.1) is 0 Å². The SMILES string of the molecule is Cc1ccc([C@@H](O)CNC(=O)[C@H]2CC=CCC2)cc1. The summed E-state index contributed by atoms with van der Waals surface area (Å²) in [4.78, 5) is 11.9. The molecule has 0 saturated heterocycles. The van der Waals surface area contributed by atoms with E-state index in [4.69, 9.17) is 0 Å². The first-order valence-corrected chi connectivity index (χ1v) is 6.84. The van der Waals surface area contributed by atoms with Crippen molar-refractivity contribution >= 4 is 5.91 Å². The standard InChI is InChI=1S/C16H21NO2/c1-12-7-9-13(10-8-12)15(18)11-17-16(19)14-5-3-2-4-6-14/h2-3,7-10,14-15,18H,4-6,11H2,1H3,(H,17,19)/t14-,15-/m0/s1. The van der Waals surface area contributed by atoms with Crippen molar-refractivity contribution in [3.8, 4) is 0 Å². The summed E-state index contributed by atoms with van der Waals surface area (Å²) in [6, 6.07) is 7.73. The molecule has 0 unspecified atom stereocenters. The monoisotopic (exact) mass is 259 g/mol. The minimum Gasteiger partial charge on any atom is -0.387 e. The fraction of sp³-hybridized carbons (Fsp3) is 0.438. The number of aliphatic hydroxyl groups excluding tert-OH is 1. The van der Waals surface area contributed by atoms with Crippen LogP contribution in [0.3, 0.4) is 0 Å². The summed E-state index contributed by atoms with van der Waals surface area (Å²) >= 11 is 0. The number of carbonyl (C=O) groups excluding carboxylic acids is 1. The first kappa shape index (κ1) is 13.8. The summed E-state index contributed by atoms with van der Waals surface area (Å²) in [6.07, 6.45) is 6.23. The van der Waals surface area contributed by atoms with Crippen molar-refractivity contribution in [3.05, 3.63) is 47.5 Å². The van der Waals surface area contributed by atoms with Crippen LogP contribution in [0.25, 0.3) is 0 Å². The quantitative estimate of drug-likeness (QED) is 0.816. The molecule has 0 radical (unpaired) electrons. The maximum Gasteiger partial charge on any atom is 0.223 e. The molecule has 1 aromatic carbocycles. The molecule has 0 spiro atoms. The van der Waals surface area contributed by atoms with Crippen molar-refractivity contribution in [2.24, 2.45) is 5.92 Å². The van der Waals surface area contributed by atoms with Crippen molar-refractivity contribution < 1.29 is 9.90 Å². The number of benzene rings is 1. The Hall–Kier alpha value is -1.61. The highest BCUT2D eigenvalue weighted by molar-refractivity contribution is 5.79. The smallest absolute Gasteiger partial charge is 0.223 e. The number of nitrogens with one attached hydrogen (secondary N) is 1. The molecule has 0 saturated carbocycles. The summed E-state index contributed by atoms with van der Waals surface area (Å²) in [5.41, 5.74) is 2.00. The minimum atomic E-state index is -0.635. The van der Waals surface area contributed by atoms with Crippen molar-refractivity contribution in [1.82, 2.24) is 5.32 Å². The van der Waals surface area contributed by atoms with E-state index >= 15 is 0 Å². The van der Waals surface area contributed by atoms with Crippen LogP contribution in [0.15, 0.2) is 36.4 Å². The van der Waals surface area contributed by atoms with Gasteiger partial charge in [-0.1, -0.05) is 42.0 Å². The Morgan fingerprint density at radius 2 is 2.11 bits per heavy atom. The van der Waals surface area contributed by atoms with Crippen molar-refractivity contribution in [1.29, 1.82) is 0 Å². The summed E-state index contributed by atoms with van der Waals surface area (Å²) in [5, 5.41) is 12.9. The molecule has 3 heteroatoms. The molecule has 3 nitrogen and oxygen atoms in total. The van der Waals surface area contributed by atoms with E-state index in [0.717, 1.165) is 30.4 Å². The van der Waals surface area contributed by atoms with E-state index in [9.17, 15) is 9.90 Å². The molecule has 0 aromatic heterocycles. The fourth-order valence-corrected chi connectivity index (χ4v) is 2.28. The van der Waals surface area contributed by atoms with E-state index in [-0.39, 0.29) is 18.4 Å². The molecule has 0 bridgehead atoms. The van der Waals surface area contributed by atoms with Gasteiger partial charge in [-0.3, -0.25) is 4.79 Å². The lowest BCUT2D eigenvalue weighted by Gasteiger charge is -2.19. The number of hydrogen-bond donors (Lipinski definition) is 2. The Morgan fingerprint density at radius 3 is 2.74 bits per heavy atom. The number of amides is 1. The first-order valence-electron chi connectivity index (χ1n) is 6.84. The predicted molar refractivity (Wildman–Crippen MR) is 75.6 cm³/mol. The van der Waals surface area contributed by atoms with E-state index in [0.29, 0.717) is 0 Å². The lowest BCUT2D eigenvalue weighted by Crippen LogP contribution is -2.34. The van der Waals surface area contributed by atoms with Gasteiger partial charge in [0.25, 0.3) is 0 Å². The second kappa shape index (κ2) is 6.53. The molecule has 2 atom stereocenters. The second-order valence-electron chi connectivity index (χ2n) is 5.15. The van der Waals surface area contributed by atoms with Gasteiger partial charge in [-0.25, -0.2) is 0 Å². The molecule has 0 aliphatic heterocycles. The highest BCUT2D eigenvalue weighted by atomic mass is 16.3. The van der Waals surface area contributed by atoms with Crippen molar-refractivity contribution in [3.63, 3.8) is 0 Å². The molecular weight excluding hydrogens is 238 g/mol. The third kappa shape index (κ3) is 3.93. The summed E-state index contributed by atoms with van der Waals surface area (Å²) in [6.45, 7) is 2.29. The van der Waals surface area contributed by atoms with Gasteiger partial charge in [0.15, 0.2) is 0 Å². The van der Waals surface area contributed by atoms with Crippen LogP contribution in [0.4, 0.5) is 0 Å². The topological polar surface area (TPSA) is 49.3 Å². The van der Waals surface area contributed by atoms with Crippen LogP contribution in [-0.4, -0.2) is 17.6 Å². The van der Waals surface area contributed by atoms with Gasteiger partial charge >= 0.3 is 0 Å². The molecule has 0 heterocycles. The van der Waals surface area contributed by atoms with E-state index < -0.39 is 6.10 Å². The first-order chi connectivity index (χ1) is 9.16. The summed E-state index contributed by atoms with van der Waals surface area (Å²) < 4.78 is 0. The third-order valence-corrected chi connectivity index (χ3v) is 3.57. The largest absolute Gasteiger partial charge is 0.387 e. The van der Waals surface area contributed by atoms with Crippen LogP contribution >= 0.6 is 0 Å². The zero-order valence-electron chi connectivity index (χ0n) is 11.3. The van der Waals surface area contributed by atoms with Crippen LogP contribution < -0.4 is 5.32 Å². The average Bonchev–Trinajstić information content (AvgIpc) is 2.46. The van der Waals surface area contributed by atoms with Gasteiger partial charge in [0, 0.05) is 12.5 Å². The van der Waals surface area contributed by atoms with Crippen LogP contribution in [0.1, 0.15) is 36.5 Å². The second-order valence-corrected chi connectivity index (χ2v) is 5.15.